The number of rotatable bonds is 19. The molecule has 5 atom stereocenters. The molecule has 3 aliphatic heterocycles. The molecular weight excluding hydrogens is 1060 g/mol. The van der Waals surface area contributed by atoms with Gasteiger partial charge in [-0.25, -0.2) is 9.37 Å². The molecule has 4 aliphatic rings. The molecule has 0 saturated carbocycles. The lowest BCUT2D eigenvalue weighted by Crippen LogP contribution is -2.62. The molecule has 5 N–H and O–H groups in total. The molecule has 0 radical (unpaired) electrons. The highest BCUT2D eigenvalue weighted by molar-refractivity contribution is 5.97. The Balaban J connectivity index is 0.761. The van der Waals surface area contributed by atoms with E-state index >= 15 is 0 Å². The molecule has 21 heteroatoms. The maximum atomic E-state index is 14.8. The summed E-state index contributed by atoms with van der Waals surface area (Å²) in [6, 6.07) is 17.3. The minimum atomic E-state index is -0.907. The van der Waals surface area contributed by atoms with Gasteiger partial charge in [0.25, 0.3) is 11.7 Å². The first-order chi connectivity index (χ1) is 39.8. The molecule has 3 aromatic carbocycles. The van der Waals surface area contributed by atoms with Crippen molar-refractivity contribution < 1.29 is 42.6 Å². The summed E-state index contributed by atoms with van der Waals surface area (Å²) in [5.74, 6) is -0.691. The summed E-state index contributed by atoms with van der Waals surface area (Å²) in [6.07, 6.45) is 6.19. The van der Waals surface area contributed by atoms with Crippen molar-refractivity contribution in [3.05, 3.63) is 129 Å². The van der Waals surface area contributed by atoms with Crippen LogP contribution >= 0.6 is 0 Å². The number of nitrogens with zero attached hydrogens (tertiary/aromatic N) is 8. The van der Waals surface area contributed by atoms with Crippen molar-refractivity contribution >= 4 is 46.9 Å². The SMILES string of the molecule is [C-]#[N+]c1c2c(nn1CCN(C)C(=O)CCOCCOCCOc1ccc3c(c1)CN(C(=O)[C@@H](NC(=O)[C@H](C)NC)C(C)(C)C)[C@H](C(=O)N[C@@H]1CCCc4ccccc41)C3)CN(C)C(=O)c1ccc(F)cc1[C@H]1CCCN1c1cc-2cnc1N. The highest BCUT2D eigenvalue weighted by atomic mass is 19.1. The third-order valence-electron chi connectivity index (χ3n) is 16.4. The van der Waals surface area contributed by atoms with Gasteiger partial charge in [0.05, 0.1) is 69.8 Å². The van der Waals surface area contributed by atoms with E-state index in [2.05, 4.69) is 42.8 Å². The summed E-state index contributed by atoms with van der Waals surface area (Å²) in [6.45, 7) is 18.1. The minimum Gasteiger partial charge on any atom is -0.491 e. The number of benzene rings is 3. The number of anilines is 2. The topological polar surface area (TPSA) is 223 Å². The van der Waals surface area contributed by atoms with Gasteiger partial charge in [-0.15, -0.1) is 5.10 Å². The highest BCUT2D eigenvalue weighted by Gasteiger charge is 2.43. The first kappa shape index (κ1) is 59.7. The number of nitrogen functional groups attached to an aromatic ring is 1. The van der Waals surface area contributed by atoms with Gasteiger partial charge < -0.3 is 60.3 Å². The molecular formula is C62H77FN12O8. The molecule has 440 valence electrons. The number of nitrogens with one attached hydrogen (secondary N) is 3. The second-order valence-electron chi connectivity index (χ2n) is 23.1. The fraction of sp³-hybridized carbons (Fsp3) is 0.484. The van der Waals surface area contributed by atoms with E-state index in [1.807, 2.05) is 57.2 Å². The number of ether oxygens (including phenoxy) is 3. The summed E-state index contributed by atoms with van der Waals surface area (Å²) in [5.41, 5.74) is 13.1. The van der Waals surface area contributed by atoms with Crippen molar-refractivity contribution in [2.75, 3.05) is 77.9 Å². The number of aryl methyl sites for hydroxylation is 1. The van der Waals surface area contributed by atoms with Crippen molar-refractivity contribution in [1.82, 2.24) is 45.4 Å². The van der Waals surface area contributed by atoms with Gasteiger partial charge in [0.15, 0.2) is 0 Å². The van der Waals surface area contributed by atoms with Crippen LogP contribution in [0.5, 0.6) is 5.75 Å². The third kappa shape index (κ3) is 13.5. The van der Waals surface area contributed by atoms with Crippen LogP contribution in [0, 0.1) is 17.8 Å². The molecule has 5 amide bonds. The summed E-state index contributed by atoms with van der Waals surface area (Å²) in [7, 11) is 5.03. The van der Waals surface area contributed by atoms with E-state index in [4.69, 9.17) is 31.6 Å². The summed E-state index contributed by atoms with van der Waals surface area (Å²) >= 11 is 0. The fourth-order valence-electron chi connectivity index (χ4n) is 11.7. The summed E-state index contributed by atoms with van der Waals surface area (Å²) in [5, 5.41) is 14.1. The molecule has 0 unspecified atom stereocenters. The standard InChI is InChI=1S/C62H77FN12O8/c1-38(65-5)58(77)69-55(62(2,3)4)61(80)74-36-42-31-44(20-18-40(42)32-52(74)59(78)68-48-16-11-14-39-13-9-10-15-45(39)48)83-30-29-82-28-27-81-26-22-53(76)71(7)24-25-75-57(66-6)54-41-33-51(56(64)67-35-41)73-23-12-17-50(73)47-34-43(63)19-21-46(47)60(79)72(8)37-49(54)70-75/h9-10,13,15,18-21,31,33-35,38,48,50,52,55,65H,11-12,14,16-17,22-30,32,36-37H2,1-5,7-8H3,(H2,64,67)(H,68,78)(H,69,77)/t38-,48+,50+,52-,55+/m0/s1. The summed E-state index contributed by atoms with van der Waals surface area (Å²) < 4.78 is 34.0. The van der Waals surface area contributed by atoms with Crippen LogP contribution in [0.25, 0.3) is 16.0 Å². The molecule has 20 nitrogen and oxygen atoms in total. The zero-order valence-corrected chi connectivity index (χ0v) is 48.6. The third-order valence-corrected chi connectivity index (χ3v) is 16.4. The quantitative estimate of drug-likeness (QED) is 0.0501. The number of hydrogen-bond acceptors (Lipinski definition) is 13. The van der Waals surface area contributed by atoms with Gasteiger partial charge >= 0.3 is 0 Å². The van der Waals surface area contributed by atoms with Crippen molar-refractivity contribution in [1.29, 1.82) is 0 Å². The van der Waals surface area contributed by atoms with Crippen molar-refractivity contribution in [3.8, 4) is 16.9 Å². The van der Waals surface area contributed by atoms with Gasteiger partial charge in [-0.05, 0) is 121 Å². The van der Waals surface area contributed by atoms with E-state index in [0.29, 0.717) is 52.4 Å². The number of fused-ring (bicyclic) bond motifs is 10. The van der Waals surface area contributed by atoms with Gasteiger partial charge in [-0.1, -0.05) is 57.7 Å². The lowest BCUT2D eigenvalue weighted by Gasteiger charge is -2.41. The number of amides is 5. The van der Waals surface area contributed by atoms with E-state index in [0.717, 1.165) is 42.4 Å². The van der Waals surface area contributed by atoms with Gasteiger partial charge in [-0.3, -0.25) is 24.0 Å². The fourth-order valence-corrected chi connectivity index (χ4v) is 11.7. The van der Waals surface area contributed by atoms with Crippen LogP contribution in [-0.4, -0.2) is 144 Å². The average Bonchev–Trinajstić information content (AvgIpc) is 3.79. The molecule has 2 bridgehead atoms. The predicted octanol–water partition coefficient (Wildman–Crippen LogP) is 6.69. The number of pyridine rings is 1. The van der Waals surface area contributed by atoms with Crippen LogP contribution in [0.4, 0.5) is 21.7 Å². The molecule has 9 rings (SSSR count). The number of nitrogens with two attached hydrogens (primary N) is 1. The normalized spacial score (nSPS) is 18.2. The maximum absolute atomic E-state index is 14.8. The van der Waals surface area contributed by atoms with Crippen LogP contribution in [0.1, 0.15) is 116 Å². The molecule has 2 aromatic heterocycles. The molecule has 1 saturated heterocycles. The van der Waals surface area contributed by atoms with Gasteiger partial charge in [0.1, 0.15) is 48.3 Å². The van der Waals surface area contributed by atoms with Crippen LogP contribution in [-0.2, 0) is 61.1 Å². The molecule has 0 spiro atoms. The second-order valence-corrected chi connectivity index (χ2v) is 23.1. The van der Waals surface area contributed by atoms with Crippen molar-refractivity contribution in [2.45, 2.75) is 122 Å². The molecule has 1 aliphatic carbocycles. The number of carbonyl (C=O) groups excluding carboxylic acids is 5. The number of halogens is 1. The Hall–Kier alpha value is -7.93. The second kappa shape index (κ2) is 26.1. The minimum absolute atomic E-state index is 0.0523. The van der Waals surface area contributed by atoms with Crippen molar-refractivity contribution in [3.63, 3.8) is 0 Å². The highest BCUT2D eigenvalue weighted by Crippen LogP contribution is 2.44. The monoisotopic (exact) mass is 1140 g/mol. The smallest absolute Gasteiger partial charge is 0.260 e. The van der Waals surface area contributed by atoms with E-state index < -0.39 is 29.4 Å². The zero-order valence-electron chi connectivity index (χ0n) is 48.6. The van der Waals surface area contributed by atoms with Crippen LogP contribution in [0.15, 0.2) is 72.9 Å². The Kier molecular flexibility index (Phi) is 18.8. The van der Waals surface area contributed by atoms with E-state index in [9.17, 15) is 28.4 Å². The molecule has 83 heavy (non-hydrogen) atoms. The lowest BCUT2D eigenvalue weighted by atomic mass is 9.83. The van der Waals surface area contributed by atoms with E-state index in [-0.39, 0.29) is 125 Å². The number of hydrogen-bond donors (Lipinski definition) is 4. The number of aromatic nitrogens is 3. The van der Waals surface area contributed by atoms with Crippen LogP contribution < -0.4 is 31.3 Å². The Labute approximate surface area is 485 Å². The van der Waals surface area contributed by atoms with Crippen LogP contribution in [0.2, 0.25) is 0 Å². The van der Waals surface area contributed by atoms with E-state index in [1.165, 1.54) is 28.7 Å². The van der Waals surface area contributed by atoms with Gasteiger partial charge in [0, 0.05) is 50.9 Å². The number of likely N-dealkylation sites (N-methyl/N-ethyl adjacent to an activating group) is 2. The zero-order chi connectivity index (χ0) is 59.1. The Morgan fingerprint density at radius 1 is 0.940 bits per heavy atom. The maximum Gasteiger partial charge on any atom is 0.260 e. The lowest BCUT2D eigenvalue weighted by molar-refractivity contribution is -0.147. The average molecular weight is 1140 g/mol. The van der Waals surface area contributed by atoms with E-state index in [1.54, 1.807) is 48.7 Å². The number of carbonyl (C=O) groups is 5. The molecule has 5 heterocycles. The van der Waals surface area contributed by atoms with Gasteiger partial charge in [0.2, 0.25) is 23.6 Å². The van der Waals surface area contributed by atoms with Crippen molar-refractivity contribution in [2.24, 2.45) is 5.41 Å². The van der Waals surface area contributed by atoms with Gasteiger partial charge in [-0.2, -0.15) is 4.68 Å². The largest absolute Gasteiger partial charge is 0.491 e. The first-order valence-corrected chi connectivity index (χ1v) is 28.7. The Morgan fingerprint density at radius 2 is 1.71 bits per heavy atom. The predicted molar refractivity (Wildman–Crippen MR) is 312 cm³/mol. The summed E-state index contributed by atoms with van der Waals surface area (Å²) in [4.78, 5) is 85.0. The molecule has 1 fully saturated rings. The Morgan fingerprint density at radius 3 is 2.48 bits per heavy atom. The van der Waals surface area contributed by atoms with Crippen LogP contribution in [0.3, 0.4) is 0 Å². The first-order valence-electron chi connectivity index (χ1n) is 28.7. The molecule has 5 aromatic rings. The Bertz CT molecular complexity index is 3260.